The Kier molecular flexibility index (Phi) is 3.74. The van der Waals surface area contributed by atoms with Crippen LogP contribution in [-0.4, -0.2) is 18.5 Å². The Morgan fingerprint density at radius 1 is 1.00 bits per heavy atom. The van der Waals surface area contributed by atoms with E-state index in [4.69, 9.17) is 4.74 Å². The molecule has 0 spiro atoms. The quantitative estimate of drug-likeness (QED) is 0.640. The number of hydrogen-bond acceptors (Lipinski definition) is 2. The molecule has 1 aliphatic heterocycles. The van der Waals surface area contributed by atoms with Crippen LogP contribution in [0, 0.1) is 46.3 Å². The van der Waals surface area contributed by atoms with Gasteiger partial charge in [0.05, 0.1) is 12.7 Å². The van der Waals surface area contributed by atoms with Crippen molar-refractivity contribution >= 4 is 5.78 Å². The SMILES string of the molecule is CC(C1CO1)[C@H]1CCC2C3CCC4CC(=O)CCC4(C)C3CCC21C. The van der Waals surface area contributed by atoms with Gasteiger partial charge in [0.2, 0.25) is 0 Å². The number of hydrogen-bond donors (Lipinski definition) is 0. The van der Waals surface area contributed by atoms with Crippen molar-refractivity contribution in [1.29, 1.82) is 0 Å². The molecule has 5 fully saturated rings. The summed E-state index contributed by atoms with van der Waals surface area (Å²) < 4.78 is 5.68. The first-order chi connectivity index (χ1) is 11.9. The number of epoxide rings is 1. The van der Waals surface area contributed by atoms with E-state index in [1.807, 2.05) is 0 Å². The molecule has 25 heavy (non-hydrogen) atoms. The number of fused-ring (bicyclic) bond motifs is 5. The van der Waals surface area contributed by atoms with Crippen LogP contribution in [0.2, 0.25) is 0 Å². The molecule has 4 saturated carbocycles. The maximum Gasteiger partial charge on any atom is 0.133 e. The average molecular weight is 345 g/mol. The Bertz CT molecular complexity index is 566. The third-order valence-corrected chi connectivity index (χ3v) is 10.1. The summed E-state index contributed by atoms with van der Waals surface area (Å²) in [6.45, 7) is 8.69. The van der Waals surface area contributed by atoms with E-state index in [1.54, 1.807) is 0 Å². The average Bonchev–Trinajstić information content (AvgIpc) is 3.37. The van der Waals surface area contributed by atoms with Gasteiger partial charge in [0.15, 0.2) is 0 Å². The van der Waals surface area contributed by atoms with Gasteiger partial charge in [0.1, 0.15) is 5.78 Å². The normalized spacial score (nSPS) is 55.9. The van der Waals surface area contributed by atoms with Crippen molar-refractivity contribution in [2.75, 3.05) is 6.61 Å². The molecule has 2 nitrogen and oxygen atoms in total. The van der Waals surface area contributed by atoms with Crippen molar-refractivity contribution in [3.8, 4) is 0 Å². The molecule has 0 aromatic heterocycles. The standard InChI is InChI=1S/C23H36O2/c1-14(21-13-25-21)18-6-7-19-17-5-4-15-12-16(24)8-10-22(15,2)20(17)9-11-23(18,19)3/h14-15,17-21H,4-13H2,1-3H3/t14?,15?,17?,18-,19?,20?,21?,22?,23?/m1/s1. The van der Waals surface area contributed by atoms with Gasteiger partial charge in [-0.05, 0) is 91.3 Å². The highest BCUT2D eigenvalue weighted by Crippen LogP contribution is 2.68. The molecule has 5 rings (SSSR count). The molecule has 9 atom stereocenters. The minimum Gasteiger partial charge on any atom is -0.373 e. The maximum atomic E-state index is 12.0. The minimum atomic E-state index is 0.460. The number of ketones is 1. The molecular weight excluding hydrogens is 308 g/mol. The summed E-state index contributed by atoms with van der Waals surface area (Å²) in [4.78, 5) is 12.0. The predicted octanol–water partition coefficient (Wildman–Crippen LogP) is 5.25. The molecule has 2 heteroatoms. The van der Waals surface area contributed by atoms with E-state index in [2.05, 4.69) is 20.8 Å². The molecular formula is C23H36O2. The molecule has 4 aliphatic carbocycles. The second kappa shape index (κ2) is 5.57. The smallest absolute Gasteiger partial charge is 0.133 e. The third kappa shape index (κ3) is 2.35. The molecule has 0 radical (unpaired) electrons. The van der Waals surface area contributed by atoms with Gasteiger partial charge in [-0.15, -0.1) is 0 Å². The summed E-state index contributed by atoms with van der Waals surface area (Å²) in [7, 11) is 0. The molecule has 0 aromatic carbocycles. The number of carbonyl (C=O) groups excluding carboxylic acids is 1. The van der Waals surface area contributed by atoms with Crippen molar-refractivity contribution in [3.05, 3.63) is 0 Å². The minimum absolute atomic E-state index is 0.460. The van der Waals surface area contributed by atoms with E-state index in [9.17, 15) is 4.79 Å². The monoisotopic (exact) mass is 344 g/mol. The number of ether oxygens (including phenoxy) is 1. The third-order valence-electron chi connectivity index (χ3n) is 10.1. The Labute approximate surface area is 153 Å². The van der Waals surface area contributed by atoms with Crippen molar-refractivity contribution in [2.45, 2.75) is 84.7 Å². The lowest BCUT2D eigenvalue weighted by Crippen LogP contribution is -2.54. The summed E-state index contributed by atoms with van der Waals surface area (Å²) in [5.74, 6) is 5.63. The van der Waals surface area contributed by atoms with Crippen molar-refractivity contribution in [3.63, 3.8) is 0 Å². The highest BCUT2D eigenvalue weighted by molar-refractivity contribution is 5.79. The van der Waals surface area contributed by atoms with Crippen LogP contribution in [0.1, 0.15) is 78.6 Å². The van der Waals surface area contributed by atoms with E-state index >= 15 is 0 Å². The highest BCUT2D eigenvalue weighted by atomic mass is 16.6. The zero-order chi connectivity index (χ0) is 17.4. The Morgan fingerprint density at radius 3 is 2.52 bits per heavy atom. The molecule has 0 bridgehead atoms. The lowest BCUT2D eigenvalue weighted by Gasteiger charge is -2.60. The summed E-state index contributed by atoms with van der Waals surface area (Å²) in [6.07, 6.45) is 12.0. The number of carbonyl (C=O) groups is 1. The highest BCUT2D eigenvalue weighted by Gasteiger charge is 2.61. The lowest BCUT2D eigenvalue weighted by molar-refractivity contribution is -0.140. The molecule has 5 aliphatic rings. The Balaban J connectivity index is 1.40. The molecule has 0 amide bonds. The molecule has 1 heterocycles. The van der Waals surface area contributed by atoms with E-state index in [0.29, 0.717) is 28.6 Å². The van der Waals surface area contributed by atoms with Gasteiger partial charge in [-0.25, -0.2) is 0 Å². The van der Waals surface area contributed by atoms with Crippen LogP contribution < -0.4 is 0 Å². The van der Waals surface area contributed by atoms with Gasteiger partial charge in [-0.1, -0.05) is 20.8 Å². The van der Waals surface area contributed by atoms with Crippen molar-refractivity contribution < 1.29 is 9.53 Å². The first kappa shape index (κ1) is 16.8. The first-order valence-corrected chi connectivity index (χ1v) is 11.1. The molecule has 8 unspecified atom stereocenters. The number of Topliss-reactive ketones (excluding diaryl/α,β-unsaturated/α-hetero) is 1. The maximum absolute atomic E-state index is 12.0. The van der Waals surface area contributed by atoms with E-state index < -0.39 is 0 Å². The molecule has 0 N–H and O–H groups in total. The van der Waals surface area contributed by atoms with Crippen LogP contribution in [0.5, 0.6) is 0 Å². The lowest BCUT2D eigenvalue weighted by atomic mass is 9.44. The van der Waals surface area contributed by atoms with Crippen LogP contribution in [0.4, 0.5) is 0 Å². The summed E-state index contributed by atoms with van der Waals surface area (Å²) in [5.41, 5.74) is 1.02. The van der Waals surface area contributed by atoms with Gasteiger partial charge in [-0.2, -0.15) is 0 Å². The van der Waals surface area contributed by atoms with Crippen LogP contribution in [0.25, 0.3) is 0 Å². The molecule has 0 aromatic rings. The van der Waals surface area contributed by atoms with E-state index in [-0.39, 0.29) is 0 Å². The van der Waals surface area contributed by atoms with Gasteiger partial charge in [0.25, 0.3) is 0 Å². The summed E-state index contributed by atoms with van der Waals surface area (Å²) in [6, 6.07) is 0. The second-order valence-electron chi connectivity index (χ2n) is 10.9. The van der Waals surface area contributed by atoms with Crippen molar-refractivity contribution in [1.82, 2.24) is 0 Å². The van der Waals surface area contributed by atoms with Gasteiger partial charge >= 0.3 is 0 Å². The van der Waals surface area contributed by atoms with E-state index in [1.165, 1.54) is 44.9 Å². The van der Waals surface area contributed by atoms with Gasteiger partial charge in [0, 0.05) is 12.8 Å². The Morgan fingerprint density at radius 2 is 1.76 bits per heavy atom. The van der Waals surface area contributed by atoms with Gasteiger partial charge in [-0.3, -0.25) is 4.79 Å². The Hall–Kier alpha value is -0.370. The fraction of sp³-hybridized carbons (Fsp3) is 0.957. The summed E-state index contributed by atoms with van der Waals surface area (Å²) in [5, 5.41) is 0. The summed E-state index contributed by atoms with van der Waals surface area (Å²) >= 11 is 0. The largest absolute Gasteiger partial charge is 0.373 e. The van der Waals surface area contributed by atoms with Crippen LogP contribution in [0.15, 0.2) is 0 Å². The molecule has 1 saturated heterocycles. The first-order valence-electron chi connectivity index (χ1n) is 11.1. The zero-order valence-electron chi connectivity index (χ0n) is 16.4. The van der Waals surface area contributed by atoms with Crippen LogP contribution >= 0.6 is 0 Å². The van der Waals surface area contributed by atoms with Crippen molar-refractivity contribution in [2.24, 2.45) is 46.3 Å². The molecule has 140 valence electrons. The fourth-order valence-corrected chi connectivity index (χ4v) is 8.57. The van der Waals surface area contributed by atoms with Crippen LogP contribution in [-0.2, 0) is 9.53 Å². The second-order valence-corrected chi connectivity index (χ2v) is 10.9. The van der Waals surface area contributed by atoms with Gasteiger partial charge < -0.3 is 4.74 Å². The number of rotatable bonds is 2. The topological polar surface area (TPSA) is 29.6 Å². The fourth-order valence-electron chi connectivity index (χ4n) is 8.57. The van der Waals surface area contributed by atoms with Crippen LogP contribution in [0.3, 0.4) is 0 Å². The predicted molar refractivity (Wildman–Crippen MR) is 99.1 cm³/mol. The zero-order valence-corrected chi connectivity index (χ0v) is 16.4. The van der Waals surface area contributed by atoms with E-state index in [0.717, 1.165) is 49.0 Å².